The van der Waals surface area contributed by atoms with Gasteiger partial charge in [-0.25, -0.2) is 8.42 Å². The molecule has 1 N–H and O–H groups in total. The standard InChI is InChI=1S/C10H13ClN2O5S/c1-7(6-14)12(2)19(17,18)10-4-3-8(13(15)16)5-9(10)11/h3-5,7,14H,6H2,1-2H3. The predicted octanol–water partition coefficient (Wildman–Crippen LogP) is 1.25. The minimum Gasteiger partial charge on any atom is -0.395 e. The number of sulfonamides is 1. The fourth-order valence-electron chi connectivity index (χ4n) is 1.32. The molecule has 0 heterocycles. The van der Waals surface area contributed by atoms with E-state index in [1.807, 2.05) is 0 Å². The summed E-state index contributed by atoms with van der Waals surface area (Å²) in [4.78, 5) is 9.66. The lowest BCUT2D eigenvalue weighted by Crippen LogP contribution is -2.37. The number of benzene rings is 1. The smallest absolute Gasteiger partial charge is 0.271 e. The topological polar surface area (TPSA) is 101 Å². The van der Waals surface area contributed by atoms with Crippen molar-refractivity contribution in [1.82, 2.24) is 4.31 Å². The molecule has 0 spiro atoms. The number of non-ortho nitro benzene ring substituents is 1. The SMILES string of the molecule is CC(CO)N(C)S(=O)(=O)c1ccc([N+](=O)[O-])cc1Cl. The molecule has 0 amide bonds. The van der Waals surface area contributed by atoms with Gasteiger partial charge in [-0.2, -0.15) is 4.31 Å². The van der Waals surface area contributed by atoms with Crippen molar-refractivity contribution in [3.05, 3.63) is 33.3 Å². The van der Waals surface area contributed by atoms with Crippen LogP contribution in [0.15, 0.2) is 23.1 Å². The van der Waals surface area contributed by atoms with Crippen LogP contribution in [0.5, 0.6) is 0 Å². The van der Waals surface area contributed by atoms with Crippen molar-refractivity contribution in [2.45, 2.75) is 17.9 Å². The molecule has 0 aliphatic carbocycles. The van der Waals surface area contributed by atoms with Gasteiger partial charge in [0.15, 0.2) is 0 Å². The second-order valence-corrected chi connectivity index (χ2v) is 6.30. The van der Waals surface area contributed by atoms with E-state index in [0.717, 1.165) is 22.5 Å². The molecule has 0 saturated heterocycles. The number of aliphatic hydroxyl groups is 1. The van der Waals surface area contributed by atoms with E-state index < -0.39 is 21.0 Å². The molecule has 0 aliphatic heterocycles. The predicted molar refractivity (Wildman–Crippen MR) is 69.6 cm³/mol. The fourth-order valence-corrected chi connectivity index (χ4v) is 3.18. The van der Waals surface area contributed by atoms with Crippen molar-refractivity contribution in [1.29, 1.82) is 0 Å². The van der Waals surface area contributed by atoms with Gasteiger partial charge in [0.25, 0.3) is 5.69 Å². The molecule has 7 nitrogen and oxygen atoms in total. The lowest BCUT2D eigenvalue weighted by Gasteiger charge is -2.22. The van der Waals surface area contributed by atoms with Crippen LogP contribution in [0.2, 0.25) is 5.02 Å². The Morgan fingerprint density at radius 3 is 2.53 bits per heavy atom. The summed E-state index contributed by atoms with van der Waals surface area (Å²) in [6.07, 6.45) is 0. The van der Waals surface area contributed by atoms with Crippen LogP contribution in [0.4, 0.5) is 5.69 Å². The van der Waals surface area contributed by atoms with E-state index in [4.69, 9.17) is 16.7 Å². The number of hydrogen-bond acceptors (Lipinski definition) is 5. The van der Waals surface area contributed by atoms with Crippen LogP contribution in [0.1, 0.15) is 6.92 Å². The largest absolute Gasteiger partial charge is 0.395 e. The molecular formula is C10H13ClN2O5S. The molecule has 1 aromatic carbocycles. The van der Waals surface area contributed by atoms with Gasteiger partial charge in [-0.05, 0) is 13.0 Å². The van der Waals surface area contributed by atoms with Gasteiger partial charge in [0.2, 0.25) is 10.0 Å². The van der Waals surface area contributed by atoms with E-state index in [0.29, 0.717) is 0 Å². The highest BCUT2D eigenvalue weighted by Gasteiger charge is 2.28. The minimum atomic E-state index is -3.90. The summed E-state index contributed by atoms with van der Waals surface area (Å²) in [6.45, 7) is 1.18. The summed E-state index contributed by atoms with van der Waals surface area (Å²) in [5.41, 5.74) is -0.290. The first-order valence-electron chi connectivity index (χ1n) is 5.24. The van der Waals surface area contributed by atoms with Crippen LogP contribution in [0.3, 0.4) is 0 Å². The van der Waals surface area contributed by atoms with Crippen molar-refractivity contribution < 1.29 is 18.4 Å². The third-order valence-corrected chi connectivity index (χ3v) is 5.12. The normalized spacial score (nSPS) is 13.5. The van der Waals surface area contributed by atoms with Crippen LogP contribution in [-0.2, 0) is 10.0 Å². The van der Waals surface area contributed by atoms with Crippen LogP contribution < -0.4 is 0 Å². The molecule has 0 saturated carbocycles. The van der Waals surface area contributed by atoms with E-state index in [-0.39, 0.29) is 22.2 Å². The molecule has 0 bridgehead atoms. The highest BCUT2D eigenvalue weighted by Crippen LogP contribution is 2.28. The van der Waals surface area contributed by atoms with Gasteiger partial charge in [-0.1, -0.05) is 11.6 Å². The Hall–Kier alpha value is -1.22. The van der Waals surface area contributed by atoms with E-state index in [1.54, 1.807) is 0 Å². The molecule has 0 fully saturated rings. The number of nitrogens with zero attached hydrogens (tertiary/aromatic N) is 2. The Bertz CT molecular complexity index is 590. The first-order valence-corrected chi connectivity index (χ1v) is 7.06. The number of aliphatic hydroxyl groups excluding tert-OH is 1. The maximum Gasteiger partial charge on any atom is 0.271 e. The Morgan fingerprint density at radius 2 is 2.11 bits per heavy atom. The average Bonchev–Trinajstić information content (AvgIpc) is 2.36. The molecule has 1 aromatic rings. The molecule has 9 heteroatoms. The number of nitro groups is 1. The summed E-state index contributed by atoms with van der Waals surface area (Å²) in [5.74, 6) is 0. The summed E-state index contributed by atoms with van der Waals surface area (Å²) in [6, 6.07) is 2.50. The maximum atomic E-state index is 12.2. The summed E-state index contributed by atoms with van der Waals surface area (Å²) >= 11 is 5.78. The molecule has 19 heavy (non-hydrogen) atoms. The van der Waals surface area contributed by atoms with Crippen molar-refractivity contribution in [2.24, 2.45) is 0 Å². The number of nitro benzene ring substituents is 1. The molecule has 106 valence electrons. The number of likely N-dealkylation sites (N-methyl/N-ethyl adjacent to an activating group) is 1. The zero-order chi connectivity index (χ0) is 14.8. The molecule has 0 aliphatic rings. The summed E-state index contributed by atoms with van der Waals surface area (Å²) in [7, 11) is -2.61. The zero-order valence-electron chi connectivity index (χ0n) is 10.3. The minimum absolute atomic E-state index is 0.230. The molecule has 1 rings (SSSR count). The lowest BCUT2D eigenvalue weighted by molar-refractivity contribution is -0.384. The van der Waals surface area contributed by atoms with Crippen molar-refractivity contribution >= 4 is 27.3 Å². The summed E-state index contributed by atoms with van der Waals surface area (Å²) < 4.78 is 25.3. The maximum absolute atomic E-state index is 12.2. The van der Waals surface area contributed by atoms with Crippen LogP contribution in [0, 0.1) is 10.1 Å². The number of rotatable bonds is 5. The van der Waals surface area contributed by atoms with Crippen molar-refractivity contribution in [3.63, 3.8) is 0 Å². The lowest BCUT2D eigenvalue weighted by atomic mass is 10.3. The summed E-state index contributed by atoms with van der Waals surface area (Å²) in [5, 5.41) is 19.3. The Kier molecular flexibility index (Phi) is 4.86. The molecule has 1 atom stereocenters. The van der Waals surface area contributed by atoms with Gasteiger partial charge in [-0.3, -0.25) is 10.1 Å². The molecule has 0 radical (unpaired) electrons. The second kappa shape index (κ2) is 5.83. The molecule has 1 unspecified atom stereocenters. The van der Waals surface area contributed by atoms with E-state index in [2.05, 4.69) is 0 Å². The number of hydrogen-bond donors (Lipinski definition) is 1. The van der Waals surface area contributed by atoms with Gasteiger partial charge >= 0.3 is 0 Å². The van der Waals surface area contributed by atoms with Gasteiger partial charge in [-0.15, -0.1) is 0 Å². The first kappa shape index (κ1) is 15.8. The fraction of sp³-hybridized carbons (Fsp3) is 0.400. The van der Waals surface area contributed by atoms with Crippen molar-refractivity contribution in [3.8, 4) is 0 Å². The Balaban J connectivity index is 3.27. The average molecular weight is 309 g/mol. The van der Waals surface area contributed by atoms with Crippen LogP contribution >= 0.6 is 11.6 Å². The second-order valence-electron chi connectivity index (χ2n) is 3.92. The van der Waals surface area contributed by atoms with Crippen molar-refractivity contribution in [2.75, 3.05) is 13.7 Å². The van der Waals surface area contributed by atoms with E-state index in [1.165, 1.54) is 14.0 Å². The number of halogens is 1. The Labute approximate surface area is 115 Å². The van der Waals surface area contributed by atoms with Gasteiger partial charge in [0, 0.05) is 25.2 Å². The third-order valence-electron chi connectivity index (χ3n) is 2.67. The van der Waals surface area contributed by atoms with E-state index >= 15 is 0 Å². The van der Waals surface area contributed by atoms with Crippen LogP contribution in [0.25, 0.3) is 0 Å². The molecule has 0 aromatic heterocycles. The molecular weight excluding hydrogens is 296 g/mol. The monoisotopic (exact) mass is 308 g/mol. The highest BCUT2D eigenvalue weighted by molar-refractivity contribution is 7.89. The third kappa shape index (κ3) is 3.21. The van der Waals surface area contributed by atoms with Gasteiger partial charge in [0.1, 0.15) is 4.90 Å². The quantitative estimate of drug-likeness (QED) is 0.651. The van der Waals surface area contributed by atoms with Crippen LogP contribution in [-0.4, -0.2) is 42.4 Å². The van der Waals surface area contributed by atoms with Gasteiger partial charge < -0.3 is 5.11 Å². The highest BCUT2D eigenvalue weighted by atomic mass is 35.5. The van der Waals surface area contributed by atoms with E-state index in [9.17, 15) is 18.5 Å². The first-order chi connectivity index (χ1) is 8.71. The Morgan fingerprint density at radius 1 is 1.53 bits per heavy atom. The zero-order valence-corrected chi connectivity index (χ0v) is 11.8. The van der Waals surface area contributed by atoms with Gasteiger partial charge in [0.05, 0.1) is 16.6 Å².